The van der Waals surface area contributed by atoms with Gasteiger partial charge in [-0.3, -0.25) is 0 Å². The van der Waals surface area contributed by atoms with Gasteiger partial charge in [-0.05, 0) is 13.3 Å². The Hall–Kier alpha value is -0.810. The number of ether oxygens (including phenoxy) is 1. The van der Waals surface area contributed by atoms with Crippen LogP contribution in [0.2, 0.25) is 0 Å². The van der Waals surface area contributed by atoms with Crippen molar-refractivity contribution >= 4 is 5.97 Å². The second kappa shape index (κ2) is 8.59. The average Bonchev–Trinajstić information content (AvgIpc) is 2.41. The number of aliphatic carboxylic acids is 1. The van der Waals surface area contributed by atoms with Crippen LogP contribution in [0.3, 0.4) is 0 Å². The number of carboxylic acids is 1. The molecule has 0 aliphatic carbocycles. The predicted octanol–water partition coefficient (Wildman–Crippen LogP) is -2.60. The summed E-state index contributed by atoms with van der Waals surface area (Å²) in [5.41, 5.74) is -1.53. The predicted molar refractivity (Wildman–Crippen MR) is 69.2 cm³/mol. The summed E-state index contributed by atoms with van der Waals surface area (Å²) in [5.74, 6) is -1.15. The van der Waals surface area contributed by atoms with Gasteiger partial charge in [0.2, 0.25) is 0 Å². The summed E-state index contributed by atoms with van der Waals surface area (Å²) < 4.78 is 4.58. The third kappa shape index (κ3) is 5.83. The Morgan fingerprint density at radius 2 is 1.67 bits per heavy atom. The Kier molecular flexibility index (Phi) is 8.26. The fraction of sp³-hybridized carbons (Fsp3) is 0.917. The first-order chi connectivity index (χ1) is 9.58. The Labute approximate surface area is 122 Å². The zero-order valence-electron chi connectivity index (χ0n) is 12.0. The molecule has 1 saturated heterocycles. The van der Waals surface area contributed by atoms with Gasteiger partial charge in [-0.1, -0.05) is 13.3 Å². The zero-order valence-corrected chi connectivity index (χ0v) is 12.0. The van der Waals surface area contributed by atoms with Crippen molar-refractivity contribution in [2.75, 3.05) is 6.61 Å². The van der Waals surface area contributed by atoms with Crippen LogP contribution < -0.4 is 0 Å². The number of hydrogen-bond donors (Lipinski definition) is 7. The van der Waals surface area contributed by atoms with Crippen molar-refractivity contribution in [2.45, 2.75) is 63.0 Å². The van der Waals surface area contributed by atoms with E-state index in [1.54, 1.807) is 0 Å². The molecule has 0 bridgehead atoms. The van der Waals surface area contributed by atoms with E-state index in [4.69, 9.17) is 35.7 Å². The van der Waals surface area contributed by atoms with E-state index in [0.29, 0.717) is 12.8 Å². The van der Waals surface area contributed by atoms with Crippen LogP contribution in [-0.2, 0) is 9.53 Å². The minimum absolute atomic E-state index is 0.308. The number of carbonyl (C=O) groups is 1. The maximum absolute atomic E-state index is 10.2. The van der Waals surface area contributed by atoms with Gasteiger partial charge < -0.3 is 40.5 Å². The van der Waals surface area contributed by atoms with E-state index < -0.39 is 48.9 Å². The maximum atomic E-state index is 10.2. The highest BCUT2D eigenvalue weighted by Gasteiger charge is 2.42. The highest BCUT2D eigenvalue weighted by Crippen LogP contribution is 2.19. The number of aliphatic hydroxyl groups is 6. The molecule has 0 aromatic rings. The molecule has 9 heteroatoms. The largest absolute Gasteiger partial charge is 0.479 e. The van der Waals surface area contributed by atoms with Gasteiger partial charge in [-0.25, -0.2) is 4.79 Å². The van der Waals surface area contributed by atoms with E-state index in [9.17, 15) is 4.79 Å². The Bertz CT molecular complexity index is 315. The van der Waals surface area contributed by atoms with Gasteiger partial charge in [0.25, 0.3) is 0 Å². The molecular formula is C12H24O9. The second-order valence-corrected chi connectivity index (χ2v) is 5.05. The molecule has 1 heterocycles. The van der Waals surface area contributed by atoms with Gasteiger partial charge in [0.15, 0.2) is 11.9 Å². The number of carboxylic acid groups (broad SMARTS) is 1. The van der Waals surface area contributed by atoms with Crippen LogP contribution in [0.1, 0.15) is 26.7 Å². The fourth-order valence-corrected chi connectivity index (χ4v) is 1.68. The Morgan fingerprint density at radius 1 is 1.14 bits per heavy atom. The molecule has 126 valence electrons. The van der Waals surface area contributed by atoms with Crippen molar-refractivity contribution in [3.8, 4) is 0 Å². The first-order valence-corrected chi connectivity index (χ1v) is 6.52. The van der Waals surface area contributed by atoms with Gasteiger partial charge in [0, 0.05) is 0 Å². The first-order valence-electron chi connectivity index (χ1n) is 6.52. The minimum atomic E-state index is -1.57. The number of aliphatic hydroxyl groups excluding tert-OH is 5. The van der Waals surface area contributed by atoms with E-state index in [-0.39, 0.29) is 0 Å². The van der Waals surface area contributed by atoms with E-state index >= 15 is 0 Å². The SMILES string of the molecule is CCCC(C)(O)C(=O)O.OC[C@H]1OC(O)[C@H](O)[C@@H](O)[C@@H]1O. The summed E-state index contributed by atoms with van der Waals surface area (Å²) in [5, 5.41) is 62.0. The van der Waals surface area contributed by atoms with Gasteiger partial charge in [0.1, 0.15) is 24.4 Å². The van der Waals surface area contributed by atoms with Gasteiger partial charge in [-0.15, -0.1) is 0 Å². The van der Waals surface area contributed by atoms with Crippen molar-refractivity contribution in [1.29, 1.82) is 0 Å². The fourth-order valence-electron chi connectivity index (χ4n) is 1.68. The standard InChI is InChI=1S/C6H12O6.C6H12O3/c7-1-2-3(8)4(9)5(10)6(11)12-2;1-3-4-6(2,9)5(7)8/h2-11H,1H2;9H,3-4H2,1-2H3,(H,7,8)/t2-,3-,4+,5-,6?;/m1./s1. The monoisotopic (exact) mass is 312 g/mol. The van der Waals surface area contributed by atoms with Gasteiger partial charge in [-0.2, -0.15) is 0 Å². The lowest BCUT2D eigenvalue weighted by Gasteiger charge is -2.37. The zero-order chi connectivity index (χ0) is 16.8. The summed E-state index contributed by atoms with van der Waals surface area (Å²) in [6.45, 7) is 2.61. The Morgan fingerprint density at radius 3 is 2.00 bits per heavy atom. The lowest BCUT2D eigenvalue weighted by atomic mass is 10.00. The van der Waals surface area contributed by atoms with E-state index in [1.165, 1.54) is 6.92 Å². The van der Waals surface area contributed by atoms with Crippen molar-refractivity contribution in [3.05, 3.63) is 0 Å². The number of hydrogen-bond acceptors (Lipinski definition) is 8. The minimum Gasteiger partial charge on any atom is -0.479 e. The molecule has 0 radical (unpaired) electrons. The van der Waals surface area contributed by atoms with Crippen LogP contribution in [0.25, 0.3) is 0 Å². The third-order valence-electron chi connectivity index (χ3n) is 3.06. The van der Waals surface area contributed by atoms with E-state index in [0.717, 1.165) is 0 Å². The molecule has 1 aliphatic heterocycles. The highest BCUT2D eigenvalue weighted by molar-refractivity contribution is 5.76. The van der Waals surface area contributed by atoms with Crippen LogP contribution >= 0.6 is 0 Å². The van der Waals surface area contributed by atoms with E-state index in [2.05, 4.69) is 4.74 Å². The second-order valence-electron chi connectivity index (χ2n) is 5.05. The lowest BCUT2D eigenvalue weighted by Crippen LogP contribution is -2.58. The molecule has 0 aromatic carbocycles. The molecule has 1 fully saturated rings. The molecular weight excluding hydrogens is 288 g/mol. The summed E-state index contributed by atoms with van der Waals surface area (Å²) in [6.07, 6.45) is -6.05. The molecule has 9 nitrogen and oxygen atoms in total. The molecule has 0 spiro atoms. The van der Waals surface area contributed by atoms with Crippen LogP contribution in [0.4, 0.5) is 0 Å². The summed E-state index contributed by atoms with van der Waals surface area (Å²) >= 11 is 0. The molecule has 1 aliphatic rings. The molecule has 1 rings (SSSR count). The van der Waals surface area contributed by atoms with Gasteiger partial charge in [0.05, 0.1) is 6.61 Å². The normalized spacial score (nSPS) is 35.3. The Balaban J connectivity index is 0.000000400. The molecule has 6 atom stereocenters. The summed E-state index contributed by atoms with van der Waals surface area (Å²) in [7, 11) is 0. The lowest BCUT2D eigenvalue weighted by molar-refractivity contribution is -0.286. The first kappa shape index (κ1) is 20.2. The summed E-state index contributed by atoms with van der Waals surface area (Å²) in [4.78, 5) is 10.2. The molecule has 2 unspecified atom stereocenters. The molecule has 7 N–H and O–H groups in total. The molecule has 0 aromatic heterocycles. The van der Waals surface area contributed by atoms with Crippen LogP contribution in [0, 0.1) is 0 Å². The van der Waals surface area contributed by atoms with Crippen molar-refractivity contribution in [2.24, 2.45) is 0 Å². The van der Waals surface area contributed by atoms with Crippen LogP contribution in [-0.4, -0.2) is 84.6 Å². The smallest absolute Gasteiger partial charge is 0.335 e. The van der Waals surface area contributed by atoms with E-state index in [1.807, 2.05) is 6.92 Å². The number of rotatable bonds is 4. The molecule has 0 amide bonds. The summed E-state index contributed by atoms with van der Waals surface area (Å²) in [6, 6.07) is 0. The van der Waals surface area contributed by atoms with Gasteiger partial charge >= 0.3 is 5.97 Å². The van der Waals surface area contributed by atoms with Crippen LogP contribution in [0.15, 0.2) is 0 Å². The topological polar surface area (TPSA) is 168 Å². The molecule has 21 heavy (non-hydrogen) atoms. The average molecular weight is 312 g/mol. The quantitative estimate of drug-likeness (QED) is 0.294. The van der Waals surface area contributed by atoms with Crippen LogP contribution in [0.5, 0.6) is 0 Å². The van der Waals surface area contributed by atoms with Crippen molar-refractivity contribution in [1.82, 2.24) is 0 Å². The van der Waals surface area contributed by atoms with Crippen molar-refractivity contribution in [3.63, 3.8) is 0 Å². The third-order valence-corrected chi connectivity index (χ3v) is 3.06. The van der Waals surface area contributed by atoms with Crippen molar-refractivity contribution < 1.29 is 45.3 Å². The molecule has 0 saturated carbocycles. The maximum Gasteiger partial charge on any atom is 0.335 e. The highest BCUT2D eigenvalue weighted by atomic mass is 16.6.